The molecule has 2 heterocycles. The first-order valence-electron chi connectivity index (χ1n) is 10.7. The number of rotatable bonds is 5. The molecule has 4 aromatic rings. The molecule has 0 bridgehead atoms. The summed E-state index contributed by atoms with van der Waals surface area (Å²) in [5.41, 5.74) is 4.25. The number of hydrogen-bond donors (Lipinski definition) is 1. The molecule has 0 aliphatic heterocycles. The highest BCUT2D eigenvalue weighted by molar-refractivity contribution is 7.99. The highest BCUT2D eigenvalue weighted by Gasteiger charge is 2.27. The maximum Gasteiger partial charge on any atom is 0.256 e. The summed E-state index contributed by atoms with van der Waals surface area (Å²) in [5, 5.41) is 5.20. The SMILES string of the molecule is CCSc1cccc(C(=O)Nc2sc3c(c2-c2nc4ccccc4s2)CCC(C)C3)c1. The fourth-order valence-corrected chi connectivity index (χ4v) is 7.35. The summed E-state index contributed by atoms with van der Waals surface area (Å²) in [5.74, 6) is 1.62. The van der Waals surface area contributed by atoms with Crippen LogP contribution in [0.4, 0.5) is 5.00 Å². The number of nitrogens with one attached hydrogen (secondary N) is 1. The predicted molar refractivity (Wildman–Crippen MR) is 135 cm³/mol. The lowest BCUT2D eigenvalue weighted by Gasteiger charge is -2.18. The van der Waals surface area contributed by atoms with Crippen molar-refractivity contribution in [2.24, 2.45) is 5.92 Å². The van der Waals surface area contributed by atoms with Crippen molar-refractivity contribution >= 4 is 55.6 Å². The van der Waals surface area contributed by atoms with Crippen molar-refractivity contribution in [3.8, 4) is 10.6 Å². The molecule has 31 heavy (non-hydrogen) atoms. The molecule has 0 saturated heterocycles. The zero-order valence-electron chi connectivity index (χ0n) is 17.6. The largest absolute Gasteiger partial charge is 0.313 e. The van der Waals surface area contributed by atoms with Crippen LogP contribution in [-0.2, 0) is 12.8 Å². The van der Waals surface area contributed by atoms with Crippen LogP contribution in [0.15, 0.2) is 53.4 Å². The minimum absolute atomic E-state index is 0.0486. The Bertz CT molecular complexity index is 1220. The Kier molecular flexibility index (Phi) is 5.87. The summed E-state index contributed by atoms with van der Waals surface area (Å²) < 4.78 is 1.18. The van der Waals surface area contributed by atoms with Gasteiger partial charge >= 0.3 is 0 Å². The molecule has 1 aliphatic carbocycles. The van der Waals surface area contributed by atoms with E-state index in [1.807, 2.05) is 24.3 Å². The zero-order chi connectivity index (χ0) is 21.4. The second-order valence-corrected chi connectivity index (χ2v) is 11.4. The van der Waals surface area contributed by atoms with Gasteiger partial charge < -0.3 is 5.32 Å². The topological polar surface area (TPSA) is 42.0 Å². The van der Waals surface area contributed by atoms with E-state index in [0.29, 0.717) is 11.5 Å². The Morgan fingerprint density at radius 1 is 1.19 bits per heavy atom. The van der Waals surface area contributed by atoms with E-state index in [0.717, 1.165) is 44.6 Å². The number of aromatic nitrogens is 1. The minimum Gasteiger partial charge on any atom is -0.313 e. The van der Waals surface area contributed by atoms with Gasteiger partial charge in [-0.15, -0.1) is 34.4 Å². The second kappa shape index (κ2) is 8.77. The molecule has 0 saturated carbocycles. The number of benzene rings is 2. The number of nitrogens with zero attached hydrogens (tertiary/aromatic N) is 1. The Morgan fingerprint density at radius 2 is 2.06 bits per heavy atom. The van der Waals surface area contributed by atoms with E-state index in [2.05, 4.69) is 43.4 Å². The molecule has 1 unspecified atom stereocenters. The van der Waals surface area contributed by atoms with Crippen LogP contribution in [0.5, 0.6) is 0 Å². The average Bonchev–Trinajstić information content (AvgIpc) is 3.34. The summed E-state index contributed by atoms with van der Waals surface area (Å²) in [6, 6.07) is 16.2. The lowest BCUT2D eigenvalue weighted by molar-refractivity contribution is 0.102. The van der Waals surface area contributed by atoms with Gasteiger partial charge in [0.1, 0.15) is 10.0 Å². The number of para-hydroxylation sites is 1. The van der Waals surface area contributed by atoms with Crippen molar-refractivity contribution in [1.82, 2.24) is 4.98 Å². The predicted octanol–water partition coefficient (Wildman–Crippen LogP) is 7.51. The molecule has 2 aromatic heterocycles. The van der Waals surface area contributed by atoms with E-state index in [4.69, 9.17) is 4.98 Å². The molecule has 0 fully saturated rings. The van der Waals surface area contributed by atoms with Crippen LogP contribution in [0.1, 0.15) is 41.1 Å². The number of thioether (sulfide) groups is 1. The smallest absolute Gasteiger partial charge is 0.256 e. The summed E-state index contributed by atoms with van der Waals surface area (Å²) in [4.78, 5) is 20.6. The van der Waals surface area contributed by atoms with E-state index in [-0.39, 0.29) is 5.91 Å². The van der Waals surface area contributed by atoms with Crippen LogP contribution >= 0.6 is 34.4 Å². The van der Waals surface area contributed by atoms with Gasteiger partial charge in [-0.05, 0) is 66.8 Å². The maximum atomic E-state index is 13.2. The Balaban J connectivity index is 1.55. The van der Waals surface area contributed by atoms with Gasteiger partial charge in [-0.2, -0.15) is 0 Å². The molecule has 6 heteroatoms. The molecule has 1 N–H and O–H groups in total. The summed E-state index contributed by atoms with van der Waals surface area (Å²) >= 11 is 5.21. The summed E-state index contributed by atoms with van der Waals surface area (Å²) in [6.07, 6.45) is 3.32. The minimum atomic E-state index is -0.0486. The monoisotopic (exact) mass is 464 g/mol. The van der Waals surface area contributed by atoms with Crippen LogP contribution in [0.2, 0.25) is 0 Å². The van der Waals surface area contributed by atoms with Crippen molar-refractivity contribution < 1.29 is 4.79 Å². The third-order valence-electron chi connectivity index (χ3n) is 5.65. The van der Waals surface area contributed by atoms with Crippen molar-refractivity contribution in [3.63, 3.8) is 0 Å². The second-order valence-electron chi connectivity index (χ2n) is 7.96. The normalized spacial score (nSPS) is 15.7. The first-order valence-corrected chi connectivity index (χ1v) is 13.3. The molecule has 0 radical (unpaired) electrons. The van der Waals surface area contributed by atoms with Crippen molar-refractivity contribution in [2.45, 2.75) is 38.0 Å². The van der Waals surface area contributed by atoms with Gasteiger partial charge in [0.05, 0.1) is 10.2 Å². The Hall–Kier alpha value is -2.15. The van der Waals surface area contributed by atoms with Gasteiger partial charge in [-0.3, -0.25) is 4.79 Å². The van der Waals surface area contributed by atoms with Gasteiger partial charge in [0, 0.05) is 20.9 Å². The number of thiophene rings is 1. The molecule has 1 aliphatic rings. The van der Waals surface area contributed by atoms with Crippen LogP contribution in [0.25, 0.3) is 20.8 Å². The van der Waals surface area contributed by atoms with Crippen LogP contribution < -0.4 is 5.32 Å². The van der Waals surface area contributed by atoms with Crippen molar-refractivity contribution in [3.05, 3.63) is 64.5 Å². The van der Waals surface area contributed by atoms with Gasteiger partial charge in [0.15, 0.2) is 0 Å². The average molecular weight is 465 g/mol. The maximum absolute atomic E-state index is 13.2. The lowest BCUT2D eigenvalue weighted by atomic mass is 9.88. The number of carbonyl (C=O) groups excluding carboxylic acids is 1. The lowest BCUT2D eigenvalue weighted by Crippen LogP contribution is -2.12. The highest BCUT2D eigenvalue weighted by atomic mass is 32.2. The molecular formula is C25H24N2OS3. The van der Waals surface area contributed by atoms with Crippen molar-refractivity contribution in [2.75, 3.05) is 11.1 Å². The molecule has 158 valence electrons. The number of fused-ring (bicyclic) bond motifs is 2. The van der Waals surface area contributed by atoms with E-state index < -0.39 is 0 Å². The van der Waals surface area contributed by atoms with Crippen LogP contribution in [0, 0.1) is 5.92 Å². The third-order valence-corrected chi connectivity index (χ3v) is 8.75. The first-order chi connectivity index (χ1) is 15.1. The van der Waals surface area contributed by atoms with Gasteiger partial charge in [-0.1, -0.05) is 32.0 Å². The zero-order valence-corrected chi connectivity index (χ0v) is 20.1. The first kappa shape index (κ1) is 20.7. The number of carbonyl (C=O) groups is 1. The van der Waals surface area contributed by atoms with Gasteiger partial charge in [-0.25, -0.2) is 4.98 Å². The summed E-state index contributed by atoms with van der Waals surface area (Å²) in [6.45, 7) is 4.44. The molecule has 1 atom stereocenters. The van der Waals surface area contributed by atoms with Crippen LogP contribution in [0.3, 0.4) is 0 Å². The number of hydrogen-bond acceptors (Lipinski definition) is 5. The van der Waals surface area contributed by atoms with E-state index >= 15 is 0 Å². The third kappa shape index (κ3) is 4.16. The number of anilines is 1. The molecule has 0 spiro atoms. The fourth-order valence-electron chi connectivity index (χ4n) is 4.11. The number of amides is 1. The number of thiazole rings is 1. The molecule has 5 rings (SSSR count). The highest BCUT2D eigenvalue weighted by Crippen LogP contribution is 2.47. The van der Waals surface area contributed by atoms with Gasteiger partial charge in [0.2, 0.25) is 0 Å². The van der Waals surface area contributed by atoms with E-state index in [9.17, 15) is 4.79 Å². The molecule has 2 aromatic carbocycles. The molecule has 3 nitrogen and oxygen atoms in total. The van der Waals surface area contributed by atoms with E-state index in [1.54, 1.807) is 34.4 Å². The molecule has 1 amide bonds. The standard InChI is InChI=1S/C25H24N2OS3/c1-3-29-17-8-6-7-16(14-17)23(28)27-25-22(18-12-11-15(2)13-21(18)31-25)24-26-19-9-4-5-10-20(19)30-24/h4-10,14-15H,3,11-13H2,1-2H3,(H,27,28). The summed E-state index contributed by atoms with van der Waals surface area (Å²) in [7, 11) is 0. The van der Waals surface area contributed by atoms with Crippen molar-refractivity contribution in [1.29, 1.82) is 0 Å². The van der Waals surface area contributed by atoms with Crippen LogP contribution in [-0.4, -0.2) is 16.6 Å². The van der Waals surface area contributed by atoms with Gasteiger partial charge in [0.25, 0.3) is 5.91 Å². The Morgan fingerprint density at radius 3 is 2.90 bits per heavy atom. The Labute approximate surface area is 194 Å². The quantitative estimate of drug-likeness (QED) is 0.311. The fraction of sp³-hybridized carbons (Fsp3) is 0.280. The van der Waals surface area contributed by atoms with E-state index in [1.165, 1.54) is 21.6 Å². The molecular weight excluding hydrogens is 440 g/mol.